The number of para-hydroxylation sites is 2. The van der Waals surface area contributed by atoms with Crippen LogP contribution in [0.3, 0.4) is 0 Å². The highest BCUT2D eigenvalue weighted by Gasteiger charge is 2.32. The van der Waals surface area contributed by atoms with Gasteiger partial charge in [-0.3, -0.25) is 0 Å². The van der Waals surface area contributed by atoms with Gasteiger partial charge in [-0.25, -0.2) is 0 Å². The number of aromatic nitrogens is 2. The van der Waals surface area contributed by atoms with Crippen LogP contribution in [0.2, 0.25) is 0 Å². The van der Waals surface area contributed by atoms with E-state index in [1.54, 1.807) is 0 Å². The second-order valence-electron chi connectivity index (χ2n) is 45.0. The zero-order valence-electron chi connectivity index (χ0n) is 84.3. The normalized spacial score (nSPS) is 12.7. The Morgan fingerprint density at radius 3 is 0.724 bits per heavy atom. The molecule has 0 aliphatic carbocycles. The van der Waals surface area contributed by atoms with E-state index in [4.69, 9.17) is 1.37 Å². The summed E-state index contributed by atoms with van der Waals surface area (Å²) in [5.74, 6) is 0.443. The number of hydrogen-bond donors (Lipinski definition) is 0. The molecule has 0 radical (unpaired) electrons. The first kappa shape index (κ1) is 95.5. The third-order valence-electron chi connectivity index (χ3n) is 23.8. The first-order valence-electron chi connectivity index (χ1n) is 46.1. The Hall–Kier alpha value is -9.76. The minimum Gasteiger partial charge on any atom is -0.335 e. The Balaban J connectivity index is 0.000000170. The van der Waals surface area contributed by atoms with Crippen molar-refractivity contribution >= 4 is 43.6 Å². The van der Waals surface area contributed by atoms with Gasteiger partial charge in [0.1, 0.15) is 0 Å². The van der Waals surface area contributed by atoms with Crippen molar-refractivity contribution in [3.05, 3.63) is 333 Å². The molecule has 0 N–H and O–H groups in total. The van der Waals surface area contributed by atoms with Crippen LogP contribution in [0.5, 0.6) is 0 Å². The van der Waals surface area contributed by atoms with E-state index in [1.165, 1.54) is 160 Å². The summed E-state index contributed by atoms with van der Waals surface area (Å²) < 4.78 is 13.7. The predicted octanol–water partition coefficient (Wildman–Crippen LogP) is 36.2. The number of benzene rings is 12. The highest BCUT2D eigenvalue weighted by atomic mass is 15.1. The lowest BCUT2D eigenvalue weighted by Crippen LogP contribution is -2.24. The van der Waals surface area contributed by atoms with Gasteiger partial charge in [-0.2, -0.15) is 0 Å². The van der Waals surface area contributed by atoms with E-state index in [1.807, 2.05) is 19.9 Å². The topological polar surface area (TPSA) is 9.86 Å². The molecule has 0 amide bonds. The first-order chi connectivity index (χ1) is 57.2. The number of nitrogens with zero attached hydrogens (tertiary/aromatic N) is 2. The van der Waals surface area contributed by atoms with Crippen LogP contribution in [0.15, 0.2) is 255 Å². The van der Waals surface area contributed by atoms with Crippen molar-refractivity contribution in [2.24, 2.45) is 0 Å². The largest absolute Gasteiger partial charge is 0.335 e. The fourth-order valence-corrected chi connectivity index (χ4v) is 18.7. The molecular weight excluding hydrogens is 1480 g/mol. The van der Waals surface area contributed by atoms with Gasteiger partial charge < -0.3 is 9.13 Å². The number of fused-ring (bicyclic) bond motifs is 6. The Morgan fingerprint density at radius 1 is 0.220 bits per heavy atom. The standard InChI is InChI=1S/C24H33N.C23H32.C22H30.2C18H22.C16H17N/c1-22(2,3)16-10-12-20-18(14-16)19-15-17(23(4,5)6)11-13-21(19)25(20)24(7,8)9;1-16(2)19-14-18(17-12-10-9-11-13-17)15-20(22(3,4)5)21(19)23(6,7)8;1-15(2)19-13-18(17-11-9-8-10-12-17)14-20(16(3)4)21(19)22(5,6)7;2*1-13-11-16(15-9-7-6-8-10-15)12-14(2)17(13)18(3,4)5;1-16(2,3)17-14-10-6-4-8-12(14)13-9-5-7-11-15(13)17/h10-15H,1-9H3;9-16H,1-8H3;8-16H,1-7H3;2*6-12H,1-5H3;4-11H,1-3H3/i;16D;;;;. The molecule has 0 spiro atoms. The van der Waals surface area contributed by atoms with E-state index in [2.05, 4.69) is 500 Å². The molecule has 2 nitrogen and oxygen atoms in total. The van der Waals surface area contributed by atoms with Crippen molar-refractivity contribution in [1.29, 1.82) is 0 Å². The highest BCUT2D eigenvalue weighted by Crippen LogP contribution is 2.46. The molecule has 123 heavy (non-hydrogen) atoms. The van der Waals surface area contributed by atoms with Gasteiger partial charge in [0.05, 0.1) is 0 Å². The third-order valence-corrected chi connectivity index (χ3v) is 23.8. The second kappa shape index (κ2) is 38.0. The molecule has 0 saturated carbocycles. The molecule has 0 aliphatic rings. The maximum Gasteiger partial charge on any atom is 0.0496 e. The predicted molar refractivity (Wildman–Crippen MR) is 549 cm³/mol. The zero-order chi connectivity index (χ0) is 92.3. The second-order valence-corrected chi connectivity index (χ2v) is 45.0. The van der Waals surface area contributed by atoms with E-state index in [0.29, 0.717) is 11.8 Å². The van der Waals surface area contributed by atoms with Crippen LogP contribution < -0.4 is 0 Å². The quantitative estimate of drug-likeness (QED) is 0.151. The van der Waals surface area contributed by atoms with Crippen LogP contribution in [0.25, 0.3) is 88.1 Å². The lowest BCUT2D eigenvalue weighted by Gasteiger charge is -2.34. The van der Waals surface area contributed by atoms with Gasteiger partial charge in [-0.15, -0.1) is 0 Å². The van der Waals surface area contributed by atoms with Gasteiger partial charge in [-0.05, 0) is 284 Å². The summed E-state index contributed by atoms with van der Waals surface area (Å²) in [5, 5.41) is 5.45. The van der Waals surface area contributed by atoms with Crippen molar-refractivity contribution in [1.82, 2.24) is 9.13 Å². The molecule has 0 bridgehead atoms. The van der Waals surface area contributed by atoms with Gasteiger partial charge in [0.15, 0.2) is 0 Å². The maximum absolute atomic E-state index is 8.75. The van der Waals surface area contributed by atoms with Crippen LogP contribution in [-0.4, -0.2) is 9.13 Å². The number of hydrogen-bond acceptors (Lipinski definition) is 0. The Bertz CT molecular complexity index is 5600. The molecule has 0 saturated heterocycles. The molecule has 14 aromatic rings. The molecule has 650 valence electrons. The molecule has 0 fully saturated rings. The Morgan fingerprint density at radius 2 is 0.472 bits per heavy atom. The van der Waals surface area contributed by atoms with Gasteiger partial charge in [-0.1, -0.05) is 405 Å². The van der Waals surface area contributed by atoms with Crippen molar-refractivity contribution in [3.8, 4) is 44.5 Å². The lowest BCUT2D eigenvalue weighted by atomic mass is 9.70. The molecule has 2 aromatic heterocycles. The summed E-state index contributed by atoms with van der Waals surface area (Å²) in [7, 11) is 0. The van der Waals surface area contributed by atoms with Crippen LogP contribution in [-0.2, 0) is 49.0 Å². The summed E-state index contributed by atoms with van der Waals surface area (Å²) in [4.78, 5) is 0. The smallest absolute Gasteiger partial charge is 0.0496 e. The van der Waals surface area contributed by atoms with E-state index < -0.39 is 5.89 Å². The number of rotatable bonds is 7. The molecule has 0 unspecified atom stereocenters. The SMILES string of the molecule is CC(C)(C)c1ccc2c(c1)c1cc(C(C)(C)C)ccc1n2C(C)(C)C.CC(C)(C)n1c2ccccc2c2ccccc21.CC(C)c1cc(-c2ccccc2)cc(C(C)C)c1C(C)(C)C.Cc1cc(-c2ccccc2)cc(C)c1C(C)(C)C.Cc1cc(-c2ccccc2)cc(C)c1C(C)(C)C.[2H]C(C)(C)c1cc(-c2ccccc2)cc(C(C)(C)C)c1C(C)(C)C. The summed E-state index contributed by atoms with van der Waals surface area (Å²) in [6.07, 6.45) is 0. The highest BCUT2D eigenvalue weighted by molar-refractivity contribution is 6.09. The molecule has 2 heterocycles. The molecule has 0 atom stereocenters. The molecule has 2 heteroatoms. The summed E-state index contributed by atoms with van der Waals surface area (Å²) in [5.41, 5.74) is 36.4. The van der Waals surface area contributed by atoms with Crippen LogP contribution in [0.4, 0.5) is 0 Å². The molecule has 14 rings (SSSR count). The summed E-state index contributed by atoms with van der Waals surface area (Å²) >= 11 is 0. The van der Waals surface area contributed by atoms with E-state index in [9.17, 15) is 0 Å². The zero-order valence-corrected chi connectivity index (χ0v) is 83.3. The van der Waals surface area contributed by atoms with Crippen molar-refractivity contribution < 1.29 is 1.37 Å². The van der Waals surface area contributed by atoms with Crippen LogP contribution in [0.1, 0.15) is 325 Å². The third kappa shape index (κ3) is 23.6. The molecule has 0 aliphatic heterocycles. The Labute approximate surface area is 749 Å². The molecule has 12 aromatic carbocycles. The minimum atomic E-state index is -0.632. The first-order valence-corrected chi connectivity index (χ1v) is 45.6. The minimum absolute atomic E-state index is 0.00544. The van der Waals surface area contributed by atoms with Crippen LogP contribution >= 0.6 is 0 Å². The fourth-order valence-electron chi connectivity index (χ4n) is 18.7. The van der Waals surface area contributed by atoms with Gasteiger partial charge in [0, 0.05) is 56.1 Å². The summed E-state index contributed by atoms with van der Waals surface area (Å²) in [6, 6.07) is 92.4. The van der Waals surface area contributed by atoms with E-state index in [-0.39, 0.29) is 49.0 Å². The maximum atomic E-state index is 8.75. The van der Waals surface area contributed by atoms with E-state index >= 15 is 0 Å². The average molecular weight is 1640 g/mol. The van der Waals surface area contributed by atoms with Crippen molar-refractivity contribution in [2.75, 3.05) is 0 Å². The molecular formula is C121H156N2. The van der Waals surface area contributed by atoms with Crippen molar-refractivity contribution in [2.45, 2.75) is 323 Å². The van der Waals surface area contributed by atoms with Gasteiger partial charge >= 0.3 is 0 Å². The average Bonchev–Trinajstić information content (AvgIpc) is 1.54. The lowest BCUT2D eigenvalue weighted by molar-refractivity contribution is 0.423. The van der Waals surface area contributed by atoms with Crippen LogP contribution in [0, 0.1) is 27.7 Å². The fraction of sp³-hybridized carbons (Fsp3) is 0.405. The van der Waals surface area contributed by atoms with Gasteiger partial charge in [0.2, 0.25) is 0 Å². The Kier molecular flexibility index (Phi) is 29.5. The number of aryl methyl sites for hydroxylation is 4. The van der Waals surface area contributed by atoms with Crippen molar-refractivity contribution in [3.63, 3.8) is 0 Å². The van der Waals surface area contributed by atoms with E-state index in [0.717, 1.165) is 5.56 Å². The van der Waals surface area contributed by atoms with Gasteiger partial charge in [0.25, 0.3) is 0 Å². The monoisotopic (exact) mass is 1640 g/mol. The summed E-state index contributed by atoms with van der Waals surface area (Å²) in [6.45, 7) is 83.8.